The van der Waals surface area contributed by atoms with Crippen molar-refractivity contribution in [1.82, 2.24) is 0 Å². The van der Waals surface area contributed by atoms with E-state index in [1.54, 1.807) is 0 Å². The van der Waals surface area contributed by atoms with Crippen LogP contribution >= 0.6 is 11.6 Å². The molecule has 1 heteroatoms. The second-order valence-electron chi connectivity index (χ2n) is 3.51. The number of alkyl halides is 1. The summed E-state index contributed by atoms with van der Waals surface area (Å²) in [7, 11) is 0. The van der Waals surface area contributed by atoms with Gasteiger partial charge in [-0.25, -0.2) is 0 Å². The molecule has 0 aliphatic heterocycles. The molecule has 1 saturated carbocycles. The van der Waals surface area contributed by atoms with E-state index in [2.05, 4.69) is 6.92 Å². The largest absolute Gasteiger partial charge is 0.123 e. The van der Waals surface area contributed by atoms with E-state index >= 15 is 0 Å². The molecule has 1 fully saturated rings. The Kier molecular flexibility index (Phi) is 3.55. The maximum atomic E-state index is 5.86. The van der Waals surface area contributed by atoms with E-state index in [4.69, 9.17) is 11.6 Å². The number of hydrogen-bond donors (Lipinski definition) is 0. The van der Waals surface area contributed by atoms with E-state index in [0.29, 0.717) is 5.38 Å². The number of rotatable bonds is 3. The van der Waals surface area contributed by atoms with Crippen LogP contribution in [0.5, 0.6) is 0 Å². The Morgan fingerprint density at radius 2 is 2.00 bits per heavy atom. The Hall–Kier alpha value is 0.290. The first kappa shape index (κ1) is 8.39. The van der Waals surface area contributed by atoms with Gasteiger partial charge in [-0.15, -0.1) is 11.6 Å². The van der Waals surface area contributed by atoms with E-state index in [1.165, 1.54) is 38.5 Å². The second-order valence-corrected chi connectivity index (χ2v) is 4.25. The van der Waals surface area contributed by atoms with Crippen molar-refractivity contribution in [2.75, 3.05) is 0 Å². The van der Waals surface area contributed by atoms with Crippen LogP contribution in [0.4, 0.5) is 0 Å². The molecule has 0 radical (unpaired) electrons. The zero-order valence-electron chi connectivity index (χ0n) is 6.78. The minimum atomic E-state index is 0.389. The summed E-state index contributed by atoms with van der Waals surface area (Å²) in [4.78, 5) is 0. The van der Waals surface area contributed by atoms with Crippen molar-refractivity contribution in [2.45, 2.75) is 50.8 Å². The molecule has 1 unspecified atom stereocenters. The van der Waals surface area contributed by atoms with Crippen LogP contribution in [-0.4, -0.2) is 5.38 Å². The van der Waals surface area contributed by atoms with Crippen LogP contribution in [0.3, 0.4) is 0 Å². The molecule has 0 N–H and O–H groups in total. The van der Waals surface area contributed by atoms with Gasteiger partial charge in [-0.3, -0.25) is 0 Å². The van der Waals surface area contributed by atoms with Crippen molar-refractivity contribution in [1.29, 1.82) is 0 Å². The first-order valence-corrected chi connectivity index (χ1v) is 4.86. The zero-order chi connectivity index (χ0) is 7.40. The lowest BCUT2D eigenvalue weighted by molar-refractivity contribution is 0.482. The lowest BCUT2D eigenvalue weighted by Gasteiger charge is -2.08. The van der Waals surface area contributed by atoms with E-state index in [-0.39, 0.29) is 0 Å². The predicted octanol–water partition coefficient (Wildman–Crippen LogP) is 3.58. The molecule has 1 atom stereocenters. The Balaban J connectivity index is 2.01. The molecule has 0 aromatic carbocycles. The molecule has 1 aliphatic rings. The molecule has 0 aromatic rings. The highest BCUT2D eigenvalue weighted by Gasteiger charge is 2.14. The van der Waals surface area contributed by atoms with E-state index in [9.17, 15) is 0 Å². The average Bonchev–Trinajstić information content (AvgIpc) is 2.34. The average molecular weight is 161 g/mol. The van der Waals surface area contributed by atoms with Gasteiger partial charge in [-0.2, -0.15) is 0 Å². The minimum Gasteiger partial charge on any atom is -0.123 e. The molecule has 1 aliphatic carbocycles. The summed E-state index contributed by atoms with van der Waals surface area (Å²) in [5.41, 5.74) is 0. The van der Waals surface area contributed by atoms with Gasteiger partial charge in [0.15, 0.2) is 0 Å². The maximum Gasteiger partial charge on any atom is 0.0307 e. The first-order valence-electron chi connectivity index (χ1n) is 4.43. The molecule has 60 valence electrons. The van der Waals surface area contributed by atoms with Crippen molar-refractivity contribution in [3.8, 4) is 0 Å². The molecule has 0 heterocycles. The molecule has 0 bridgehead atoms. The van der Waals surface area contributed by atoms with Gasteiger partial charge in [0.05, 0.1) is 0 Å². The fraction of sp³-hybridized carbons (Fsp3) is 1.00. The predicted molar refractivity (Wildman–Crippen MR) is 46.5 cm³/mol. The van der Waals surface area contributed by atoms with E-state index in [0.717, 1.165) is 5.92 Å². The van der Waals surface area contributed by atoms with Gasteiger partial charge in [0.1, 0.15) is 0 Å². The smallest absolute Gasteiger partial charge is 0.0307 e. The van der Waals surface area contributed by atoms with Crippen molar-refractivity contribution in [3.63, 3.8) is 0 Å². The number of hydrogen-bond acceptors (Lipinski definition) is 0. The Labute approximate surface area is 69.0 Å². The van der Waals surface area contributed by atoms with Gasteiger partial charge in [0.25, 0.3) is 0 Å². The molecule has 0 aromatic heterocycles. The molecule has 10 heavy (non-hydrogen) atoms. The van der Waals surface area contributed by atoms with Crippen LogP contribution in [0.2, 0.25) is 0 Å². The molecule has 0 nitrogen and oxygen atoms in total. The number of halogens is 1. The summed E-state index contributed by atoms with van der Waals surface area (Å²) in [6.07, 6.45) is 8.42. The Morgan fingerprint density at radius 3 is 2.50 bits per heavy atom. The minimum absolute atomic E-state index is 0.389. The van der Waals surface area contributed by atoms with Crippen molar-refractivity contribution in [2.24, 2.45) is 5.92 Å². The van der Waals surface area contributed by atoms with Crippen LogP contribution in [0.15, 0.2) is 0 Å². The molecule has 0 amide bonds. The molecule has 0 spiro atoms. The molecule has 1 rings (SSSR count). The van der Waals surface area contributed by atoms with Crippen molar-refractivity contribution < 1.29 is 0 Å². The molecular formula is C9H17Cl. The van der Waals surface area contributed by atoms with Crippen LogP contribution < -0.4 is 0 Å². The highest BCUT2D eigenvalue weighted by molar-refractivity contribution is 6.20. The second kappa shape index (κ2) is 4.23. The lowest BCUT2D eigenvalue weighted by atomic mass is 10.0. The monoisotopic (exact) mass is 160 g/mol. The van der Waals surface area contributed by atoms with Crippen LogP contribution in [0, 0.1) is 5.92 Å². The lowest BCUT2D eigenvalue weighted by Crippen LogP contribution is -1.97. The third-order valence-corrected chi connectivity index (χ3v) is 2.67. The van der Waals surface area contributed by atoms with Crippen LogP contribution in [-0.2, 0) is 0 Å². The summed E-state index contributed by atoms with van der Waals surface area (Å²) in [6, 6.07) is 0. The van der Waals surface area contributed by atoms with Crippen molar-refractivity contribution in [3.05, 3.63) is 0 Å². The standard InChI is InChI=1S/C9H17Cl/c1-8(10)6-7-9-4-2-3-5-9/h8-9H,2-7H2,1H3. The zero-order valence-corrected chi connectivity index (χ0v) is 7.53. The van der Waals surface area contributed by atoms with Gasteiger partial charge < -0.3 is 0 Å². The highest BCUT2D eigenvalue weighted by atomic mass is 35.5. The SMILES string of the molecule is CC(Cl)CCC1CCCC1. The van der Waals surface area contributed by atoms with Crippen molar-refractivity contribution >= 4 is 11.6 Å². The fourth-order valence-electron chi connectivity index (χ4n) is 1.76. The van der Waals surface area contributed by atoms with Crippen LogP contribution in [0.25, 0.3) is 0 Å². The van der Waals surface area contributed by atoms with E-state index in [1.807, 2.05) is 0 Å². The maximum absolute atomic E-state index is 5.86. The summed E-state index contributed by atoms with van der Waals surface area (Å²) in [5, 5.41) is 0.389. The van der Waals surface area contributed by atoms with Gasteiger partial charge >= 0.3 is 0 Å². The van der Waals surface area contributed by atoms with Gasteiger partial charge in [-0.05, 0) is 25.7 Å². The normalized spacial score (nSPS) is 23.4. The topological polar surface area (TPSA) is 0 Å². The van der Waals surface area contributed by atoms with Crippen LogP contribution in [0.1, 0.15) is 45.4 Å². The van der Waals surface area contributed by atoms with E-state index < -0.39 is 0 Å². The quantitative estimate of drug-likeness (QED) is 0.554. The fourth-order valence-corrected chi connectivity index (χ4v) is 1.89. The summed E-state index contributed by atoms with van der Waals surface area (Å²) in [6.45, 7) is 2.09. The Bertz CT molecular complexity index is 82.7. The highest BCUT2D eigenvalue weighted by Crippen LogP contribution is 2.29. The Morgan fingerprint density at radius 1 is 1.40 bits per heavy atom. The summed E-state index contributed by atoms with van der Waals surface area (Å²) < 4.78 is 0. The first-order chi connectivity index (χ1) is 4.79. The summed E-state index contributed by atoms with van der Waals surface area (Å²) in [5.74, 6) is 1.01. The van der Waals surface area contributed by atoms with Gasteiger partial charge in [0, 0.05) is 5.38 Å². The molecule has 0 saturated heterocycles. The summed E-state index contributed by atoms with van der Waals surface area (Å²) >= 11 is 5.86. The third-order valence-electron chi connectivity index (χ3n) is 2.45. The van der Waals surface area contributed by atoms with Gasteiger partial charge in [0.2, 0.25) is 0 Å². The van der Waals surface area contributed by atoms with Gasteiger partial charge in [-0.1, -0.05) is 25.7 Å². The third kappa shape index (κ3) is 2.92. The molecular weight excluding hydrogens is 144 g/mol.